The Bertz CT molecular complexity index is 556. The number of carbonyl (C=O) groups excluding carboxylic acids is 1. The SMILES string of the molecule is NCC1C(=O)Nc2cc(F)ccc2S1(=O)=O. The van der Waals surface area contributed by atoms with Crippen LogP contribution in [0, 0.1) is 5.82 Å². The lowest BCUT2D eigenvalue weighted by molar-refractivity contribution is -0.115. The molecule has 1 unspecified atom stereocenters. The molecule has 0 saturated carbocycles. The van der Waals surface area contributed by atoms with Gasteiger partial charge in [-0.25, -0.2) is 12.8 Å². The normalized spacial score (nSPS) is 22.4. The number of hydrogen-bond donors (Lipinski definition) is 2. The van der Waals surface area contributed by atoms with Gasteiger partial charge in [0.25, 0.3) is 0 Å². The fourth-order valence-electron chi connectivity index (χ4n) is 1.59. The number of rotatable bonds is 1. The van der Waals surface area contributed by atoms with E-state index in [9.17, 15) is 17.6 Å². The Kier molecular flexibility index (Phi) is 2.43. The summed E-state index contributed by atoms with van der Waals surface area (Å²) < 4.78 is 36.7. The zero-order chi connectivity index (χ0) is 11.9. The van der Waals surface area contributed by atoms with E-state index in [-0.39, 0.29) is 17.1 Å². The van der Waals surface area contributed by atoms with Gasteiger partial charge in [0, 0.05) is 6.54 Å². The van der Waals surface area contributed by atoms with E-state index in [4.69, 9.17) is 5.73 Å². The second-order valence-corrected chi connectivity index (χ2v) is 5.50. The number of nitrogens with one attached hydrogen (secondary N) is 1. The van der Waals surface area contributed by atoms with E-state index in [2.05, 4.69) is 5.32 Å². The highest BCUT2D eigenvalue weighted by atomic mass is 32.2. The molecule has 86 valence electrons. The largest absolute Gasteiger partial charge is 0.329 e. The summed E-state index contributed by atoms with van der Waals surface area (Å²) in [6, 6.07) is 3.13. The summed E-state index contributed by atoms with van der Waals surface area (Å²) in [6.07, 6.45) is 0. The van der Waals surface area contributed by atoms with E-state index in [1.807, 2.05) is 0 Å². The lowest BCUT2D eigenvalue weighted by Gasteiger charge is -2.23. The highest BCUT2D eigenvalue weighted by Gasteiger charge is 2.39. The van der Waals surface area contributed by atoms with E-state index in [1.54, 1.807) is 0 Å². The minimum absolute atomic E-state index is 0.0327. The number of halogens is 1. The Morgan fingerprint density at radius 1 is 1.44 bits per heavy atom. The molecule has 2 rings (SSSR count). The van der Waals surface area contributed by atoms with E-state index in [0.717, 1.165) is 18.2 Å². The van der Waals surface area contributed by atoms with Gasteiger partial charge >= 0.3 is 0 Å². The summed E-state index contributed by atoms with van der Waals surface area (Å²) in [5.74, 6) is -1.33. The molecule has 0 radical (unpaired) electrons. The van der Waals surface area contributed by atoms with Crippen molar-refractivity contribution in [1.29, 1.82) is 0 Å². The monoisotopic (exact) mass is 244 g/mol. The number of carbonyl (C=O) groups is 1. The number of benzene rings is 1. The number of amides is 1. The molecule has 1 heterocycles. The van der Waals surface area contributed by atoms with Crippen LogP contribution in [-0.2, 0) is 14.6 Å². The number of anilines is 1. The third-order valence-corrected chi connectivity index (χ3v) is 4.51. The summed E-state index contributed by atoms with van der Waals surface area (Å²) in [6.45, 7) is -0.301. The summed E-state index contributed by atoms with van der Waals surface area (Å²) in [7, 11) is -3.80. The number of hydrogen-bond acceptors (Lipinski definition) is 4. The van der Waals surface area contributed by atoms with Crippen molar-refractivity contribution in [3.05, 3.63) is 24.0 Å². The Hall–Kier alpha value is -1.47. The van der Waals surface area contributed by atoms with Crippen LogP contribution < -0.4 is 11.1 Å². The molecule has 0 aromatic heterocycles. The van der Waals surface area contributed by atoms with E-state index < -0.39 is 26.8 Å². The predicted octanol–water partition coefficient (Wildman–Crippen LogP) is -0.121. The molecule has 0 spiro atoms. The summed E-state index contributed by atoms with van der Waals surface area (Å²) in [5, 5.41) is 1.02. The van der Waals surface area contributed by atoms with Gasteiger partial charge < -0.3 is 11.1 Å². The maximum Gasteiger partial charge on any atom is 0.244 e. The first-order valence-corrected chi connectivity index (χ1v) is 6.06. The van der Waals surface area contributed by atoms with Gasteiger partial charge in [-0.15, -0.1) is 0 Å². The van der Waals surface area contributed by atoms with Gasteiger partial charge in [-0.05, 0) is 18.2 Å². The second-order valence-electron chi connectivity index (χ2n) is 3.40. The standard InChI is InChI=1S/C9H9FN2O3S/c10-5-1-2-7-6(3-5)12-9(13)8(4-11)16(7,14)15/h1-3,8H,4,11H2,(H,12,13). The lowest BCUT2D eigenvalue weighted by Crippen LogP contribution is -2.44. The van der Waals surface area contributed by atoms with Gasteiger partial charge in [0.2, 0.25) is 5.91 Å². The van der Waals surface area contributed by atoms with Crippen LogP contribution >= 0.6 is 0 Å². The van der Waals surface area contributed by atoms with E-state index in [1.165, 1.54) is 0 Å². The molecule has 0 fully saturated rings. The van der Waals surface area contributed by atoms with Crippen molar-refractivity contribution in [3.63, 3.8) is 0 Å². The minimum atomic E-state index is -3.80. The van der Waals surface area contributed by atoms with Crippen LogP contribution in [0.15, 0.2) is 23.1 Å². The molecule has 16 heavy (non-hydrogen) atoms. The zero-order valence-electron chi connectivity index (χ0n) is 8.10. The Morgan fingerprint density at radius 3 is 2.75 bits per heavy atom. The van der Waals surface area contributed by atoms with Crippen LogP contribution in [0.2, 0.25) is 0 Å². The van der Waals surface area contributed by atoms with Crippen LogP contribution in [0.25, 0.3) is 0 Å². The van der Waals surface area contributed by atoms with Crippen molar-refractivity contribution in [1.82, 2.24) is 0 Å². The predicted molar refractivity (Wildman–Crippen MR) is 55.1 cm³/mol. The molecule has 1 aliphatic rings. The minimum Gasteiger partial charge on any atom is -0.329 e. The second kappa shape index (κ2) is 3.53. The first-order chi connectivity index (χ1) is 7.46. The molecule has 1 aliphatic heterocycles. The third-order valence-electron chi connectivity index (χ3n) is 2.39. The summed E-state index contributed by atoms with van der Waals surface area (Å²) >= 11 is 0. The van der Waals surface area contributed by atoms with Crippen molar-refractivity contribution in [3.8, 4) is 0 Å². The molecule has 0 saturated heterocycles. The van der Waals surface area contributed by atoms with Crippen molar-refractivity contribution >= 4 is 21.4 Å². The van der Waals surface area contributed by atoms with Gasteiger partial charge in [-0.2, -0.15) is 0 Å². The van der Waals surface area contributed by atoms with E-state index >= 15 is 0 Å². The van der Waals surface area contributed by atoms with Crippen LogP contribution in [0.5, 0.6) is 0 Å². The molecular weight excluding hydrogens is 235 g/mol. The summed E-state index contributed by atoms with van der Waals surface area (Å²) in [4.78, 5) is 11.3. The number of fused-ring (bicyclic) bond motifs is 1. The zero-order valence-corrected chi connectivity index (χ0v) is 8.92. The maximum atomic E-state index is 12.9. The van der Waals surface area contributed by atoms with Gasteiger partial charge in [0.1, 0.15) is 5.82 Å². The molecule has 0 bridgehead atoms. The van der Waals surface area contributed by atoms with Gasteiger partial charge in [0.15, 0.2) is 15.1 Å². The first-order valence-electron chi connectivity index (χ1n) is 4.51. The third kappa shape index (κ3) is 1.48. The Labute approximate surface area is 91.4 Å². The molecule has 3 N–H and O–H groups in total. The molecule has 1 aromatic carbocycles. The number of sulfone groups is 1. The average molecular weight is 244 g/mol. The van der Waals surface area contributed by atoms with Crippen LogP contribution in [0.4, 0.5) is 10.1 Å². The highest BCUT2D eigenvalue weighted by Crippen LogP contribution is 2.30. The van der Waals surface area contributed by atoms with Gasteiger partial charge in [-0.3, -0.25) is 4.79 Å². The van der Waals surface area contributed by atoms with Crippen molar-refractivity contribution < 1.29 is 17.6 Å². The maximum absolute atomic E-state index is 12.9. The number of nitrogens with two attached hydrogens (primary N) is 1. The Balaban J connectivity index is 2.67. The topological polar surface area (TPSA) is 89.3 Å². The molecule has 1 atom stereocenters. The first kappa shape index (κ1) is 11.0. The van der Waals surface area contributed by atoms with Crippen molar-refractivity contribution in [2.24, 2.45) is 5.73 Å². The fourth-order valence-corrected chi connectivity index (χ4v) is 3.16. The smallest absolute Gasteiger partial charge is 0.244 e. The quantitative estimate of drug-likeness (QED) is 0.674. The van der Waals surface area contributed by atoms with E-state index in [0.29, 0.717) is 0 Å². The summed E-state index contributed by atoms with van der Waals surface area (Å²) in [5.41, 5.74) is 5.21. The van der Waals surface area contributed by atoms with Crippen molar-refractivity contribution in [2.45, 2.75) is 10.1 Å². The molecule has 0 aliphatic carbocycles. The van der Waals surface area contributed by atoms with Gasteiger partial charge in [0.05, 0.1) is 10.6 Å². The fraction of sp³-hybridized carbons (Fsp3) is 0.222. The van der Waals surface area contributed by atoms with Crippen molar-refractivity contribution in [2.75, 3.05) is 11.9 Å². The molecule has 1 amide bonds. The molecular formula is C9H9FN2O3S. The van der Waals surface area contributed by atoms with Crippen LogP contribution in [0.3, 0.4) is 0 Å². The Morgan fingerprint density at radius 2 is 2.12 bits per heavy atom. The molecule has 7 heteroatoms. The average Bonchev–Trinajstić information content (AvgIpc) is 2.16. The molecule has 5 nitrogen and oxygen atoms in total. The van der Waals surface area contributed by atoms with Crippen LogP contribution in [-0.4, -0.2) is 26.1 Å². The molecule has 1 aromatic rings. The van der Waals surface area contributed by atoms with Gasteiger partial charge in [-0.1, -0.05) is 0 Å². The van der Waals surface area contributed by atoms with Crippen LogP contribution in [0.1, 0.15) is 0 Å². The lowest BCUT2D eigenvalue weighted by atomic mass is 10.3. The highest BCUT2D eigenvalue weighted by molar-refractivity contribution is 7.93.